The van der Waals surface area contributed by atoms with Crippen molar-refractivity contribution in [1.82, 2.24) is 0 Å². The van der Waals surface area contributed by atoms with Gasteiger partial charge in [0, 0.05) is 22.6 Å². The summed E-state index contributed by atoms with van der Waals surface area (Å²) in [4.78, 5) is 38.8. The SMILES string of the molecule is CCCCCCCCOC(=O)Oc1c2c(cc3c(OC(=O)OCCCCCCCC)c4ccccc4cc13)C=CCC2=O. The van der Waals surface area contributed by atoms with E-state index in [1.807, 2.05) is 36.4 Å². The fraction of sp³-hybridized carbons (Fsp3) is 0.472. The number of fused-ring (bicyclic) bond motifs is 3. The number of carbonyl (C=O) groups is 3. The van der Waals surface area contributed by atoms with E-state index in [0.29, 0.717) is 33.0 Å². The molecule has 3 aromatic rings. The van der Waals surface area contributed by atoms with Crippen molar-refractivity contribution in [2.45, 2.75) is 97.3 Å². The smallest absolute Gasteiger partial charge is 0.434 e. The molecule has 0 saturated heterocycles. The first kappa shape index (κ1) is 32.1. The fourth-order valence-electron chi connectivity index (χ4n) is 5.49. The van der Waals surface area contributed by atoms with Crippen molar-refractivity contribution in [1.29, 1.82) is 0 Å². The third kappa shape index (κ3) is 8.82. The lowest BCUT2D eigenvalue weighted by Crippen LogP contribution is -2.16. The summed E-state index contributed by atoms with van der Waals surface area (Å²) >= 11 is 0. The van der Waals surface area contributed by atoms with Gasteiger partial charge >= 0.3 is 12.3 Å². The predicted molar refractivity (Wildman–Crippen MR) is 170 cm³/mol. The second-order valence-corrected chi connectivity index (χ2v) is 11.2. The Morgan fingerprint density at radius 2 is 1.23 bits per heavy atom. The third-order valence-corrected chi connectivity index (χ3v) is 7.79. The highest BCUT2D eigenvalue weighted by Crippen LogP contribution is 2.44. The average molecular weight is 589 g/mol. The van der Waals surface area contributed by atoms with Crippen LogP contribution in [0.15, 0.2) is 42.5 Å². The van der Waals surface area contributed by atoms with Crippen LogP contribution in [0.5, 0.6) is 11.5 Å². The van der Waals surface area contributed by atoms with Gasteiger partial charge in [-0.2, -0.15) is 0 Å². The number of unbranched alkanes of at least 4 members (excludes halogenated alkanes) is 10. The zero-order chi connectivity index (χ0) is 30.4. The molecule has 3 aromatic carbocycles. The Hall–Kier alpha value is -3.87. The van der Waals surface area contributed by atoms with Gasteiger partial charge in [0.2, 0.25) is 0 Å². The number of hydrogen-bond donors (Lipinski definition) is 0. The number of hydrogen-bond acceptors (Lipinski definition) is 7. The van der Waals surface area contributed by atoms with E-state index in [4.69, 9.17) is 18.9 Å². The summed E-state index contributed by atoms with van der Waals surface area (Å²) < 4.78 is 22.5. The van der Waals surface area contributed by atoms with Gasteiger partial charge in [-0.15, -0.1) is 0 Å². The molecular weight excluding hydrogens is 544 g/mol. The topological polar surface area (TPSA) is 88.1 Å². The van der Waals surface area contributed by atoms with Crippen LogP contribution in [-0.4, -0.2) is 31.3 Å². The van der Waals surface area contributed by atoms with Crippen molar-refractivity contribution in [3.8, 4) is 11.5 Å². The van der Waals surface area contributed by atoms with Gasteiger partial charge in [-0.1, -0.05) is 114 Å². The van der Waals surface area contributed by atoms with E-state index >= 15 is 0 Å². The summed E-state index contributed by atoms with van der Waals surface area (Å²) in [5.74, 6) is 0.249. The number of Topliss-reactive ketones (excluding diaryl/α,β-unsaturated/α-hetero) is 1. The van der Waals surface area contributed by atoms with Gasteiger partial charge in [0.15, 0.2) is 11.5 Å². The average Bonchev–Trinajstić information content (AvgIpc) is 3.00. The standard InChI is InChI=1S/C36H44O7/c1-3-5-7-9-11-15-22-40-35(38)42-33-28-20-14-13-18-26(28)24-30-29(33)25-27-19-17-21-31(37)32(27)34(30)43-36(39)41-23-16-12-10-8-6-4-2/h13-14,17-20,24-25H,3-12,15-16,21-23H2,1-2H3. The molecular formula is C36H44O7. The molecule has 0 amide bonds. The second kappa shape index (κ2) is 16.7. The summed E-state index contributed by atoms with van der Waals surface area (Å²) in [5, 5.41) is 2.48. The maximum absolute atomic E-state index is 13.1. The van der Waals surface area contributed by atoms with E-state index in [1.165, 1.54) is 38.5 Å². The Morgan fingerprint density at radius 1 is 0.674 bits per heavy atom. The van der Waals surface area contributed by atoms with Crippen molar-refractivity contribution < 1.29 is 33.3 Å². The molecule has 4 rings (SSSR count). The van der Waals surface area contributed by atoms with Gasteiger partial charge in [0.05, 0.1) is 18.8 Å². The molecule has 0 bridgehead atoms. The van der Waals surface area contributed by atoms with Gasteiger partial charge in [-0.25, -0.2) is 9.59 Å². The highest BCUT2D eigenvalue weighted by Gasteiger charge is 2.27. The molecule has 1 aliphatic carbocycles. The van der Waals surface area contributed by atoms with Gasteiger partial charge < -0.3 is 18.9 Å². The number of benzene rings is 3. The van der Waals surface area contributed by atoms with Crippen molar-refractivity contribution in [3.05, 3.63) is 53.6 Å². The van der Waals surface area contributed by atoms with Crippen LogP contribution in [0.1, 0.15) is 113 Å². The minimum atomic E-state index is -0.861. The molecule has 0 fully saturated rings. The first-order chi connectivity index (χ1) is 21.0. The molecule has 0 heterocycles. The van der Waals surface area contributed by atoms with Crippen molar-refractivity contribution >= 4 is 45.7 Å². The maximum atomic E-state index is 13.1. The molecule has 0 spiro atoms. The molecule has 0 aliphatic heterocycles. The number of ether oxygens (including phenoxy) is 4. The Morgan fingerprint density at radius 3 is 1.88 bits per heavy atom. The third-order valence-electron chi connectivity index (χ3n) is 7.79. The molecule has 230 valence electrons. The Balaban J connectivity index is 1.59. The minimum absolute atomic E-state index is 0.117. The van der Waals surface area contributed by atoms with Gasteiger partial charge in [0.1, 0.15) is 5.75 Å². The van der Waals surface area contributed by atoms with Crippen molar-refractivity contribution in [2.75, 3.05) is 13.2 Å². The van der Waals surface area contributed by atoms with E-state index in [2.05, 4.69) is 13.8 Å². The van der Waals surface area contributed by atoms with Crippen LogP contribution in [0.2, 0.25) is 0 Å². The quantitative estimate of drug-likeness (QED) is 0.0712. The summed E-state index contributed by atoms with van der Waals surface area (Å²) in [7, 11) is 0. The van der Waals surface area contributed by atoms with E-state index in [-0.39, 0.29) is 31.2 Å². The van der Waals surface area contributed by atoms with Crippen LogP contribution in [0.3, 0.4) is 0 Å². The zero-order valence-corrected chi connectivity index (χ0v) is 25.6. The molecule has 7 nitrogen and oxygen atoms in total. The van der Waals surface area contributed by atoms with E-state index in [9.17, 15) is 14.4 Å². The molecule has 0 aromatic heterocycles. The molecule has 0 radical (unpaired) electrons. The van der Waals surface area contributed by atoms with Crippen LogP contribution >= 0.6 is 0 Å². The fourth-order valence-corrected chi connectivity index (χ4v) is 5.49. The first-order valence-corrected chi connectivity index (χ1v) is 15.9. The predicted octanol–water partition coefficient (Wildman–Crippen LogP) is 10.3. The van der Waals surface area contributed by atoms with Crippen molar-refractivity contribution in [2.24, 2.45) is 0 Å². The molecule has 43 heavy (non-hydrogen) atoms. The largest absolute Gasteiger partial charge is 0.513 e. The van der Waals surface area contributed by atoms with Gasteiger partial charge in [0.25, 0.3) is 0 Å². The van der Waals surface area contributed by atoms with Crippen LogP contribution in [0, 0.1) is 0 Å². The lowest BCUT2D eigenvalue weighted by Gasteiger charge is -2.19. The van der Waals surface area contributed by atoms with Crippen LogP contribution < -0.4 is 9.47 Å². The number of ketones is 1. The number of carbonyl (C=O) groups excluding carboxylic acids is 3. The molecule has 7 heteroatoms. The summed E-state index contributed by atoms with van der Waals surface area (Å²) in [6, 6.07) is 11.1. The lowest BCUT2D eigenvalue weighted by atomic mass is 9.90. The number of allylic oxidation sites excluding steroid dienone is 1. The van der Waals surface area contributed by atoms with Crippen LogP contribution in [0.4, 0.5) is 9.59 Å². The Kier molecular flexibility index (Phi) is 12.4. The Bertz CT molecular complexity index is 1440. The summed E-state index contributed by atoms with van der Waals surface area (Å²) in [5.41, 5.74) is 0.904. The molecule has 1 aliphatic rings. The summed E-state index contributed by atoms with van der Waals surface area (Å²) in [6.07, 6.45) is 15.0. The highest BCUT2D eigenvalue weighted by atomic mass is 16.7. The zero-order valence-electron chi connectivity index (χ0n) is 25.6. The van der Waals surface area contributed by atoms with Crippen LogP contribution in [0.25, 0.3) is 27.6 Å². The highest BCUT2D eigenvalue weighted by molar-refractivity contribution is 6.15. The Labute approximate surface area is 254 Å². The lowest BCUT2D eigenvalue weighted by molar-refractivity contribution is 0.0941. The number of rotatable bonds is 16. The normalized spacial score (nSPS) is 12.4. The minimum Gasteiger partial charge on any atom is -0.434 e. The monoisotopic (exact) mass is 588 g/mol. The second-order valence-electron chi connectivity index (χ2n) is 11.2. The first-order valence-electron chi connectivity index (χ1n) is 15.9. The van der Waals surface area contributed by atoms with Crippen LogP contribution in [-0.2, 0) is 9.47 Å². The molecule has 0 N–H and O–H groups in total. The molecule has 0 unspecified atom stereocenters. The van der Waals surface area contributed by atoms with E-state index < -0.39 is 12.3 Å². The van der Waals surface area contributed by atoms with Gasteiger partial charge in [-0.05, 0) is 35.9 Å². The van der Waals surface area contributed by atoms with E-state index in [0.717, 1.165) is 43.9 Å². The van der Waals surface area contributed by atoms with E-state index in [1.54, 1.807) is 12.1 Å². The summed E-state index contributed by atoms with van der Waals surface area (Å²) in [6.45, 7) is 4.87. The molecule has 0 saturated carbocycles. The maximum Gasteiger partial charge on any atom is 0.513 e. The van der Waals surface area contributed by atoms with Crippen molar-refractivity contribution in [3.63, 3.8) is 0 Å². The van der Waals surface area contributed by atoms with Gasteiger partial charge in [-0.3, -0.25) is 4.79 Å². The molecule has 0 atom stereocenters.